The van der Waals surface area contributed by atoms with Gasteiger partial charge in [0.15, 0.2) is 0 Å². The van der Waals surface area contributed by atoms with Crippen LogP contribution in [0.25, 0.3) is 5.70 Å². The van der Waals surface area contributed by atoms with Gasteiger partial charge in [0.2, 0.25) is 0 Å². The molecule has 3 N–H and O–H groups in total. The quantitative estimate of drug-likeness (QED) is 0.552. The van der Waals surface area contributed by atoms with Crippen molar-refractivity contribution in [2.24, 2.45) is 0 Å². The van der Waals surface area contributed by atoms with Gasteiger partial charge in [-0.1, -0.05) is 38.5 Å². The van der Waals surface area contributed by atoms with Gasteiger partial charge >= 0.3 is 0 Å². The van der Waals surface area contributed by atoms with Crippen molar-refractivity contribution in [3.05, 3.63) is 36.4 Å². The van der Waals surface area contributed by atoms with E-state index in [-0.39, 0.29) is 0 Å². The van der Waals surface area contributed by atoms with Crippen LogP contribution in [0.2, 0.25) is 0 Å². The predicted octanol–water partition coefficient (Wildman–Crippen LogP) is 3.02. The number of benzene rings is 1. The van der Waals surface area contributed by atoms with Gasteiger partial charge in [-0.3, -0.25) is 0 Å². The molecule has 0 aliphatic carbocycles. The van der Waals surface area contributed by atoms with Crippen molar-refractivity contribution in [3.63, 3.8) is 0 Å². The highest BCUT2D eigenvalue weighted by Gasteiger charge is 1.96. The number of hydrogen-bond acceptors (Lipinski definition) is 2. The number of nitrogen functional groups attached to an aromatic ring is 1. The lowest BCUT2D eigenvalue weighted by Crippen LogP contribution is -2.12. The van der Waals surface area contributed by atoms with Gasteiger partial charge in [0, 0.05) is 17.9 Å². The molecule has 0 spiro atoms. The Morgan fingerprint density at radius 3 is 2.53 bits per heavy atom. The molecule has 0 aromatic heterocycles. The van der Waals surface area contributed by atoms with Crippen molar-refractivity contribution in [3.8, 4) is 0 Å². The number of nitrogens with one attached hydrogen (secondary N) is 1. The van der Waals surface area contributed by atoms with Gasteiger partial charge in [-0.2, -0.15) is 0 Å². The Labute approximate surface area is 92.2 Å². The third-order valence-electron chi connectivity index (χ3n) is 2.38. The highest BCUT2D eigenvalue weighted by Crippen LogP contribution is 2.11. The molecule has 0 aliphatic heterocycles. The second-order valence-electron chi connectivity index (χ2n) is 3.73. The molecular weight excluding hydrogens is 184 g/mol. The number of rotatable bonds is 6. The molecule has 0 radical (unpaired) electrons. The smallest absolute Gasteiger partial charge is 0.0340 e. The molecule has 15 heavy (non-hydrogen) atoms. The van der Waals surface area contributed by atoms with Gasteiger partial charge in [0.05, 0.1) is 0 Å². The molecule has 0 heterocycles. The largest absolute Gasteiger partial charge is 0.399 e. The molecule has 2 nitrogen and oxygen atoms in total. The minimum atomic E-state index is 0.789. The van der Waals surface area contributed by atoms with Crippen LogP contribution in [0.4, 0.5) is 5.69 Å². The van der Waals surface area contributed by atoms with E-state index in [0.29, 0.717) is 0 Å². The summed E-state index contributed by atoms with van der Waals surface area (Å²) in [6.45, 7) is 7.20. The van der Waals surface area contributed by atoms with Crippen molar-refractivity contribution in [2.75, 3.05) is 12.3 Å². The minimum absolute atomic E-state index is 0.789. The summed E-state index contributed by atoms with van der Waals surface area (Å²) >= 11 is 0. The molecule has 0 saturated heterocycles. The molecule has 0 amide bonds. The summed E-state index contributed by atoms with van der Waals surface area (Å²) in [6.07, 6.45) is 3.71. The first kappa shape index (κ1) is 11.6. The van der Waals surface area contributed by atoms with E-state index in [2.05, 4.69) is 18.8 Å². The number of nitrogens with two attached hydrogens (primary N) is 1. The molecular formula is C13H20N2. The summed E-state index contributed by atoms with van der Waals surface area (Å²) in [5.74, 6) is 0. The third-order valence-corrected chi connectivity index (χ3v) is 2.38. The van der Waals surface area contributed by atoms with Crippen molar-refractivity contribution >= 4 is 11.4 Å². The fourth-order valence-electron chi connectivity index (χ4n) is 1.40. The van der Waals surface area contributed by atoms with E-state index >= 15 is 0 Å². The van der Waals surface area contributed by atoms with E-state index < -0.39 is 0 Å². The summed E-state index contributed by atoms with van der Waals surface area (Å²) in [5, 5.41) is 3.32. The van der Waals surface area contributed by atoms with Crippen molar-refractivity contribution < 1.29 is 0 Å². The van der Waals surface area contributed by atoms with Crippen LogP contribution >= 0.6 is 0 Å². The first-order valence-corrected chi connectivity index (χ1v) is 5.52. The van der Waals surface area contributed by atoms with Crippen molar-refractivity contribution in [1.82, 2.24) is 5.32 Å². The highest BCUT2D eigenvalue weighted by atomic mass is 14.9. The molecule has 1 aromatic rings. The van der Waals surface area contributed by atoms with Gasteiger partial charge in [-0.15, -0.1) is 0 Å². The SMILES string of the molecule is C=C(NCCCCC)c1ccc(N)cc1. The lowest BCUT2D eigenvalue weighted by atomic mass is 10.1. The molecule has 0 aliphatic rings. The fourth-order valence-corrected chi connectivity index (χ4v) is 1.40. The minimum Gasteiger partial charge on any atom is -0.399 e. The van der Waals surface area contributed by atoms with Gasteiger partial charge in [-0.05, 0) is 24.1 Å². The first-order valence-electron chi connectivity index (χ1n) is 5.52. The molecule has 0 unspecified atom stereocenters. The standard InChI is InChI=1S/C13H20N2/c1-3-4-5-10-15-11(2)12-6-8-13(14)9-7-12/h6-9,15H,2-5,10,14H2,1H3. The van der Waals surface area contributed by atoms with Gasteiger partial charge in [-0.25, -0.2) is 0 Å². The van der Waals surface area contributed by atoms with Gasteiger partial charge in [0.1, 0.15) is 0 Å². The zero-order valence-corrected chi connectivity index (χ0v) is 9.42. The normalized spacial score (nSPS) is 9.93. The van der Waals surface area contributed by atoms with Gasteiger partial charge in [0.25, 0.3) is 0 Å². The molecule has 1 rings (SSSR count). The van der Waals surface area contributed by atoms with Gasteiger partial charge < -0.3 is 11.1 Å². The van der Waals surface area contributed by atoms with E-state index in [1.807, 2.05) is 24.3 Å². The van der Waals surface area contributed by atoms with Crippen molar-refractivity contribution in [1.29, 1.82) is 0 Å². The monoisotopic (exact) mass is 204 g/mol. The highest BCUT2D eigenvalue weighted by molar-refractivity contribution is 5.63. The maximum Gasteiger partial charge on any atom is 0.0340 e. The number of anilines is 1. The molecule has 0 atom stereocenters. The van der Waals surface area contributed by atoms with E-state index in [1.165, 1.54) is 19.3 Å². The molecule has 2 heteroatoms. The predicted molar refractivity (Wildman–Crippen MR) is 67.4 cm³/mol. The van der Waals surface area contributed by atoms with Crippen LogP contribution < -0.4 is 11.1 Å². The summed E-state index contributed by atoms with van der Waals surface area (Å²) < 4.78 is 0. The van der Waals surface area contributed by atoms with Crippen LogP contribution in [-0.4, -0.2) is 6.54 Å². The van der Waals surface area contributed by atoms with Crippen LogP contribution in [0, 0.1) is 0 Å². The van der Waals surface area contributed by atoms with Crippen LogP contribution in [-0.2, 0) is 0 Å². The fraction of sp³-hybridized carbons (Fsp3) is 0.385. The lowest BCUT2D eigenvalue weighted by Gasteiger charge is -2.09. The molecule has 1 aromatic carbocycles. The Hall–Kier alpha value is -1.44. The van der Waals surface area contributed by atoms with Crippen molar-refractivity contribution in [2.45, 2.75) is 26.2 Å². The van der Waals surface area contributed by atoms with E-state index in [9.17, 15) is 0 Å². The van der Waals surface area contributed by atoms with Crippen LogP contribution in [0.15, 0.2) is 30.8 Å². The maximum absolute atomic E-state index is 5.62. The molecule has 82 valence electrons. The van der Waals surface area contributed by atoms with E-state index in [0.717, 1.165) is 23.5 Å². The molecule has 0 fully saturated rings. The Balaban J connectivity index is 2.37. The van der Waals surface area contributed by atoms with E-state index in [1.54, 1.807) is 0 Å². The number of unbranched alkanes of at least 4 members (excludes halogenated alkanes) is 2. The topological polar surface area (TPSA) is 38.0 Å². The summed E-state index contributed by atoms with van der Waals surface area (Å²) in [7, 11) is 0. The third kappa shape index (κ3) is 4.07. The lowest BCUT2D eigenvalue weighted by molar-refractivity contribution is 0.689. The van der Waals surface area contributed by atoms with Crippen LogP contribution in [0.3, 0.4) is 0 Å². The Morgan fingerprint density at radius 1 is 1.27 bits per heavy atom. The first-order chi connectivity index (χ1) is 7.24. The second kappa shape index (κ2) is 6.12. The van der Waals surface area contributed by atoms with E-state index in [4.69, 9.17) is 5.73 Å². The Kier molecular flexibility index (Phi) is 4.75. The van der Waals surface area contributed by atoms with Crippen LogP contribution in [0.5, 0.6) is 0 Å². The molecule has 0 saturated carbocycles. The van der Waals surface area contributed by atoms with Crippen LogP contribution in [0.1, 0.15) is 31.7 Å². The second-order valence-corrected chi connectivity index (χ2v) is 3.73. The zero-order chi connectivity index (χ0) is 11.1. The molecule has 0 bridgehead atoms. The Bertz CT molecular complexity index is 301. The zero-order valence-electron chi connectivity index (χ0n) is 9.42. The average molecular weight is 204 g/mol. The summed E-state index contributed by atoms with van der Waals surface area (Å²) in [6, 6.07) is 7.78. The summed E-state index contributed by atoms with van der Waals surface area (Å²) in [4.78, 5) is 0. The number of hydrogen-bond donors (Lipinski definition) is 2. The Morgan fingerprint density at radius 2 is 1.93 bits per heavy atom. The summed E-state index contributed by atoms with van der Waals surface area (Å²) in [5.41, 5.74) is 8.50. The average Bonchev–Trinajstić information content (AvgIpc) is 2.25. The maximum atomic E-state index is 5.62.